The van der Waals surface area contributed by atoms with Gasteiger partial charge in [0.15, 0.2) is 0 Å². The third kappa shape index (κ3) is 2.42. The van der Waals surface area contributed by atoms with Crippen molar-refractivity contribution in [3.63, 3.8) is 0 Å². The molecular weight excluding hydrogens is 288 g/mol. The van der Waals surface area contributed by atoms with Crippen LogP contribution in [0.5, 0.6) is 5.75 Å². The van der Waals surface area contributed by atoms with E-state index in [9.17, 15) is 10.2 Å². The van der Waals surface area contributed by atoms with Crippen molar-refractivity contribution in [2.24, 2.45) is 11.8 Å². The predicted octanol–water partition coefficient (Wildman–Crippen LogP) is 2.87. The highest BCUT2D eigenvalue weighted by atomic mass is 16.3. The van der Waals surface area contributed by atoms with Crippen molar-refractivity contribution in [2.45, 2.75) is 25.0 Å². The van der Waals surface area contributed by atoms with E-state index in [0.717, 1.165) is 36.0 Å². The fourth-order valence-electron chi connectivity index (χ4n) is 4.33. The summed E-state index contributed by atoms with van der Waals surface area (Å²) in [5.41, 5.74) is 1.66. The predicted molar refractivity (Wildman–Crippen MR) is 90.1 cm³/mol. The number of nitrogens with zero attached hydrogens (tertiary/aromatic N) is 2. The SMILES string of the molecule is C=C[C@@H]1CN2CC[C@H]1C[C@@H]2[C@H](O)c1ccnc2ccc(O)cc12. The summed E-state index contributed by atoms with van der Waals surface area (Å²) < 4.78 is 0. The Morgan fingerprint density at radius 2 is 2.22 bits per heavy atom. The first-order chi connectivity index (χ1) is 11.2. The van der Waals surface area contributed by atoms with Crippen molar-refractivity contribution in [1.82, 2.24) is 9.88 Å². The molecule has 0 radical (unpaired) electrons. The van der Waals surface area contributed by atoms with Crippen LogP contribution in [0.15, 0.2) is 43.1 Å². The van der Waals surface area contributed by atoms with Crippen LogP contribution in [0.25, 0.3) is 10.9 Å². The maximum absolute atomic E-state index is 11.0. The summed E-state index contributed by atoms with van der Waals surface area (Å²) in [6.07, 6.45) is 5.44. The number of aromatic hydroxyl groups is 1. The lowest BCUT2D eigenvalue weighted by Gasteiger charge is -2.50. The Bertz CT molecular complexity index is 745. The van der Waals surface area contributed by atoms with Gasteiger partial charge in [-0.25, -0.2) is 0 Å². The van der Waals surface area contributed by atoms with Crippen molar-refractivity contribution >= 4 is 10.9 Å². The molecular formula is C19H22N2O2. The van der Waals surface area contributed by atoms with Gasteiger partial charge in [-0.2, -0.15) is 0 Å². The zero-order valence-corrected chi connectivity index (χ0v) is 13.1. The van der Waals surface area contributed by atoms with E-state index in [4.69, 9.17) is 0 Å². The molecule has 1 unspecified atom stereocenters. The van der Waals surface area contributed by atoms with E-state index in [1.807, 2.05) is 6.07 Å². The number of fused-ring (bicyclic) bond motifs is 4. The van der Waals surface area contributed by atoms with Crippen LogP contribution >= 0.6 is 0 Å². The Hall–Kier alpha value is -1.91. The third-order valence-electron chi connectivity index (χ3n) is 5.60. The molecule has 0 aliphatic carbocycles. The highest BCUT2D eigenvalue weighted by Gasteiger charge is 2.42. The van der Waals surface area contributed by atoms with E-state index in [0.29, 0.717) is 11.8 Å². The normalized spacial score (nSPS) is 31.2. The smallest absolute Gasteiger partial charge is 0.116 e. The van der Waals surface area contributed by atoms with Crippen molar-refractivity contribution in [3.8, 4) is 5.75 Å². The Morgan fingerprint density at radius 1 is 1.35 bits per heavy atom. The fourth-order valence-corrected chi connectivity index (χ4v) is 4.33. The minimum Gasteiger partial charge on any atom is -0.508 e. The Balaban J connectivity index is 1.69. The average molecular weight is 310 g/mol. The number of piperidine rings is 3. The van der Waals surface area contributed by atoms with Crippen LogP contribution in [-0.4, -0.2) is 39.2 Å². The second-order valence-corrected chi connectivity index (χ2v) is 6.79. The molecule has 3 aliphatic heterocycles. The molecule has 1 aromatic heterocycles. The molecule has 3 saturated heterocycles. The number of pyridine rings is 1. The van der Waals surface area contributed by atoms with Gasteiger partial charge in [-0.05, 0) is 61.1 Å². The molecule has 3 fully saturated rings. The van der Waals surface area contributed by atoms with Gasteiger partial charge < -0.3 is 10.2 Å². The summed E-state index contributed by atoms with van der Waals surface area (Å²) in [6.45, 7) is 5.99. The molecule has 2 N–H and O–H groups in total. The van der Waals surface area contributed by atoms with Crippen molar-refractivity contribution in [2.75, 3.05) is 13.1 Å². The Labute approximate surface area is 136 Å². The molecule has 1 aromatic carbocycles. The first kappa shape index (κ1) is 14.7. The van der Waals surface area contributed by atoms with Crippen LogP contribution in [-0.2, 0) is 0 Å². The largest absolute Gasteiger partial charge is 0.508 e. The first-order valence-electron chi connectivity index (χ1n) is 8.29. The Morgan fingerprint density at radius 3 is 2.96 bits per heavy atom. The molecule has 4 nitrogen and oxygen atoms in total. The van der Waals surface area contributed by atoms with E-state index in [2.05, 4.69) is 22.5 Å². The third-order valence-corrected chi connectivity index (χ3v) is 5.60. The zero-order valence-electron chi connectivity index (χ0n) is 13.1. The van der Waals surface area contributed by atoms with Crippen molar-refractivity contribution < 1.29 is 10.2 Å². The summed E-state index contributed by atoms with van der Waals surface area (Å²) >= 11 is 0. The number of aliphatic hydroxyl groups excluding tert-OH is 1. The molecule has 5 rings (SSSR count). The number of rotatable bonds is 3. The highest BCUT2D eigenvalue weighted by Crippen LogP contribution is 2.42. The molecule has 120 valence electrons. The molecule has 5 atom stereocenters. The Kier molecular flexibility index (Phi) is 3.58. The van der Waals surface area contributed by atoms with Crippen LogP contribution in [0.3, 0.4) is 0 Å². The first-order valence-corrected chi connectivity index (χ1v) is 8.29. The van der Waals surface area contributed by atoms with Crippen molar-refractivity contribution in [1.29, 1.82) is 0 Å². The van der Waals surface area contributed by atoms with E-state index >= 15 is 0 Å². The van der Waals surface area contributed by atoms with Gasteiger partial charge in [0, 0.05) is 24.2 Å². The van der Waals surface area contributed by atoms with E-state index < -0.39 is 6.10 Å². The number of phenolic OH excluding ortho intramolecular Hbond substituents is 1. The molecule has 4 heterocycles. The number of hydrogen-bond acceptors (Lipinski definition) is 4. The van der Waals surface area contributed by atoms with Gasteiger partial charge in [-0.3, -0.25) is 9.88 Å². The summed E-state index contributed by atoms with van der Waals surface area (Å²) in [4.78, 5) is 6.73. The lowest BCUT2D eigenvalue weighted by molar-refractivity contribution is -0.0444. The molecule has 2 bridgehead atoms. The molecule has 0 saturated carbocycles. The number of phenols is 1. The van der Waals surface area contributed by atoms with Gasteiger partial charge in [0.25, 0.3) is 0 Å². The average Bonchev–Trinajstić information content (AvgIpc) is 2.60. The topological polar surface area (TPSA) is 56.6 Å². The summed E-state index contributed by atoms with van der Waals surface area (Å²) in [5.74, 6) is 1.38. The van der Waals surface area contributed by atoms with Crippen LogP contribution < -0.4 is 0 Å². The van der Waals surface area contributed by atoms with Crippen molar-refractivity contribution in [3.05, 3.63) is 48.7 Å². The molecule has 0 spiro atoms. The summed E-state index contributed by atoms with van der Waals surface area (Å²) in [5, 5.41) is 21.7. The van der Waals surface area contributed by atoms with Crippen LogP contribution in [0, 0.1) is 11.8 Å². The molecule has 0 amide bonds. The fraction of sp³-hybridized carbons (Fsp3) is 0.421. The molecule has 23 heavy (non-hydrogen) atoms. The number of hydrogen-bond donors (Lipinski definition) is 2. The van der Waals surface area contributed by atoms with Gasteiger partial charge in [0.05, 0.1) is 11.6 Å². The van der Waals surface area contributed by atoms with Crippen LogP contribution in [0.2, 0.25) is 0 Å². The van der Waals surface area contributed by atoms with Gasteiger partial charge in [0.1, 0.15) is 5.75 Å². The lowest BCUT2D eigenvalue weighted by atomic mass is 9.73. The number of benzene rings is 1. The van der Waals surface area contributed by atoms with Gasteiger partial charge in [-0.15, -0.1) is 6.58 Å². The minimum absolute atomic E-state index is 0.137. The quantitative estimate of drug-likeness (QED) is 0.856. The van der Waals surface area contributed by atoms with Gasteiger partial charge in [0.2, 0.25) is 0 Å². The number of aliphatic hydroxyl groups is 1. The summed E-state index contributed by atoms with van der Waals surface area (Å²) in [6, 6.07) is 7.14. The standard InChI is InChI=1S/C19H22N2O2/c1-2-12-11-21-8-6-13(12)9-18(21)19(23)15-5-7-20-17-4-3-14(22)10-16(15)17/h2-5,7,10,12-13,18-19,22-23H,1,6,8-9,11H2/t12-,13+,18-,19-/m1/s1. The lowest BCUT2D eigenvalue weighted by Crippen LogP contribution is -2.54. The molecule has 3 aliphatic rings. The van der Waals surface area contributed by atoms with E-state index in [1.165, 1.54) is 6.42 Å². The molecule has 4 heteroatoms. The monoisotopic (exact) mass is 310 g/mol. The zero-order chi connectivity index (χ0) is 16.0. The maximum atomic E-state index is 11.0. The van der Waals surface area contributed by atoms with Crippen LogP contribution in [0.4, 0.5) is 0 Å². The van der Waals surface area contributed by atoms with Gasteiger partial charge in [-0.1, -0.05) is 6.08 Å². The summed E-state index contributed by atoms with van der Waals surface area (Å²) in [7, 11) is 0. The van der Waals surface area contributed by atoms with Crippen LogP contribution in [0.1, 0.15) is 24.5 Å². The second-order valence-electron chi connectivity index (χ2n) is 6.79. The molecule has 2 aromatic rings. The van der Waals surface area contributed by atoms with Gasteiger partial charge >= 0.3 is 0 Å². The second kappa shape index (κ2) is 5.62. The number of aromatic nitrogens is 1. The minimum atomic E-state index is -0.559. The van der Waals surface area contributed by atoms with E-state index in [-0.39, 0.29) is 11.8 Å². The maximum Gasteiger partial charge on any atom is 0.116 e. The van der Waals surface area contributed by atoms with E-state index in [1.54, 1.807) is 24.4 Å². The highest BCUT2D eigenvalue weighted by molar-refractivity contribution is 5.83.